The van der Waals surface area contributed by atoms with Crippen LogP contribution in [0, 0.1) is 13.8 Å². The van der Waals surface area contributed by atoms with E-state index in [0.717, 1.165) is 40.1 Å². The van der Waals surface area contributed by atoms with Crippen LogP contribution in [-0.4, -0.2) is 33.0 Å². The first kappa shape index (κ1) is 25.0. The fourth-order valence-corrected chi connectivity index (χ4v) is 5.59. The van der Waals surface area contributed by atoms with Crippen LogP contribution in [0.25, 0.3) is 0 Å². The molecule has 37 heavy (non-hydrogen) atoms. The van der Waals surface area contributed by atoms with Crippen LogP contribution in [0.4, 0.5) is 5.69 Å². The average molecular weight is 511 g/mol. The summed E-state index contributed by atoms with van der Waals surface area (Å²) in [5.41, 5.74) is 7.41. The Labute approximate surface area is 221 Å². The molecule has 0 spiro atoms. The van der Waals surface area contributed by atoms with Gasteiger partial charge < -0.3 is 5.32 Å². The first-order chi connectivity index (χ1) is 17.9. The summed E-state index contributed by atoms with van der Waals surface area (Å²) in [4.78, 5) is 30.0. The molecule has 0 aromatic heterocycles. The van der Waals surface area contributed by atoms with Gasteiger partial charge in [-0.05, 0) is 60.2 Å². The quantitative estimate of drug-likeness (QED) is 0.439. The second-order valence-electron chi connectivity index (χ2n) is 9.46. The number of hydrogen-bond donors (Lipinski definition) is 1. The summed E-state index contributed by atoms with van der Waals surface area (Å²) in [7, 11) is 0. The van der Waals surface area contributed by atoms with Crippen molar-refractivity contribution in [2.24, 2.45) is 10.1 Å². The Balaban J connectivity index is 1.34. The fraction of sp³-hybridized carbons (Fsp3) is 0.267. The highest BCUT2D eigenvalue weighted by molar-refractivity contribution is 8.15. The Hall–Kier alpha value is -3.71. The van der Waals surface area contributed by atoms with Crippen molar-refractivity contribution in [3.8, 4) is 0 Å². The van der Waals surface area contributed by atoms with Gasteiger partial charge in [-0.1, -0.05) is 79.3 Å². The zero-order chi connectivity index (χ0) is 25.9. The number of aryl methyl sites for hydroxylation is 3. The average Bonchev–Trinajstić information content (AvgIpc) is 3.51. The Kier molecular flexibility index (Phi) is 7.24. The molecule has 6 nitrogen and oxygen atoms in total. The van der Waals surface area contributed by atoms with Crippen LogP contribution >= 0.6 is 11.8 Å². The summed E-state index contributed by atoms with van der Waals surface area (Å²) in [6.07, 6.45) is 1.74. The molecule has 3 aromatic carbocycles. The third-order valence-electron chi connectivity index (χ3n) is 6.88. The van der Waals surface area contributed by atoms with E-state index in [1.807, 2.05) is 67.4 Å². The minimum Gasteiger partial charge on any atom is -0.326 e. The topological polar surface area (TPSA) is 74.1 Å². The molecule has 2 aliphatic heterocycles. The van der Waals surface area contributed by atoms with Crippen LogP contribution in [0.1, 0.15) is 53.6 Å². The number of thioether (sulfide) groups is 1. The SMILES string of the molecule is CCc1ccc([C@@H]2CC(c3ccccc3)=NN2C2=NC(=O)[C@@H](CC(=O)Nc3ccc(C)c(C)c3)S2)cc1. The zero-order valence-corrected chi connectivity index (χ0v) is 22.1. The van der Waals surface area contributed by atoms with E-state index in [4.69, 9.17) is 5.10 Å². The van der Waals surface area contributed by atoms with Gasteiger partial charge in [-0.2, -0.15) is 10.1 Å². The Morgan fingerprint density at radius 2 is 1.78 bits per heavy atom. The molecular formula is C30H30N4O2S. The summed E-state index contributed by atoms with van der Waals surface area (Å²) in [5.74, 6) is -0.495. The fourth-order valence-electron chi connectivity index (χ4n) is 4.53. The van der Waals surface area contributed by atoms with Gasteiger partial charge in [0.15, 0.2) is 5.17 Å². The molecule has 7 heteroatoms. The molecule has 2 aliphatic rings. The van der Waals surface area contributed by atoms with E-state index in [1.165, 1.54) is 17.3 Å². The number of hydrazone groups is 1. The maximum Gasteiger partial charge on any atom is 0.262 e. The molecule has 2 atom stereocenters. The molecule has 5 rings (SSSR count). The summed E-state index contributed by atoms with van der Waals surface area (Å²) >= 11 is 1.32. The number of nitrogens with one attached hydrogen (secondary N) is 1. The smallest absolute Gasteiger partial charge is 0.262 e. The van der Waals surface area contributed by atoms with E-state index in [2.05, 4.69) is 41.5 Å². The van der Waals surface area contributed by atoms with E-state index in [0.29, 0.717) is 11.6 Å². The highest BCUT2D eigenvalue weighted by Crippen LogP contribution is 2.38. The van der Waals surface area contributed by atoms with Crippen molar-refractivity contribution in [2.75, 3.05) is 5.32 Å². The summed E-state index contributed by atoms with van der Waals surface area (Å²) in [6.45, 7) is 6.18. The molecule has 0 saturated heterocycles. The Morgan fingerprint density at radius 1 is 1.03 bits per heavy atom. The number of carbonyl (C=O) groups is 2. The van der Waals surface area contributed by atoms with Crippen LogP contribution in [0.3, 0.4) is 0 Å². The Morgan fingerprint density at radius 3 is 2.49 bits per heavy atom. The van der Waals surface area contributed by atoms with E-state index < -0.39 is 5.25 Å². The van der Waals surface area contributed by atoms with Gasteiger partial charge in [-0.15, -0.1) is 0 Å². The molecule has 188 valence electrons. The standard InChI is InChI=1S/C30H30N4O2S/c1-4-21-11-13-23(14-12-21)26-17-25(22-8-6-5-7-9-22)33-34(26)30-32-29(36)27(37-30)18-28(35)31-24-15-10-19(2)20(3)16-24/h5-16,26-27H,4,17-18H2,1-3H3,(H,31,35)/t26-,27+/m0/s1. The lowest BCUT2D eigenvalue weighted by atomic mass is 9.97. The normalized spacial score (nSPS) is 19.1. The minimum atomic E-state index is -0.569. The van der Waals surface area contributed by atoms with Crippen LogP contribution in [0.2, 0.25) is 0 Å². The summed E-state index contributed by atoms with van der Waals surface area (Å²) in [6, 6.07) is 24.4. The van der Waals surface area contributed by atoms with Crippen molar-refractivity contribution >= 4 is 40.1 Å². The van der Waals surface area contributed by atoms with Gasteiger partial charge in [0.05, 0.1) is 11.8 Å². The molecule has 2 amide bonds. The van der Waals surface area contributed by atoms with Crippen molar-refractivity contribution in [2.45, 2.75) is 51.3 Å². The van der Waals surface area contributed by atoms with Crippen molar-refractivity contribution < 1.29 is 9.59 Å². The monoisotopic (exact) mass is 510 g/mol. The number of amides is 2. The summed E-state index contributed by atoms with van der Waals surface area (Å²) < 4.78 is 0. The molecule has 2 heterocycles. The molecule has 0 unspecified atom stereocenters. The van der Waals surface area contributed by atoms with Gasteiger partial charge in [0, 0.05) is 18.5 Å². The van der Waals surface area contributed by atoms with E-state index in [9.17, 15) is 9.59 Å². The predicted molar refractivity (Wildman–Crippen MR) is 151 cm³/mol. The second kappa shape index (κ2) is 10.7. The number of anilines is 1. The lowest BCUT2D eigenvalue weighted by Gasteiger charge is -2.23. The van der Waals surface area contributed by atoms with Crippen molar-refractivity contribution in [3.63, 3.8) is 0 Å². The molecular weight excluding hydrogens is 480 g/mol. The van der Waals surface area contributed by atoms with Crippen LogP contribution < -0.4 is 5.32 Å². The van der Waals surface area contributed by atoms with E-state index in [1.54, 1.807) is 0 Å². The van der Waals surface area contributed by atoms with Gasteiger partial charge in [-0.25, -0.2) is 5.01 Å². The van der Waals surface area contributed by atoms with E-state index in [-0.39, 0.29) is 24.3 Å². The number of aliphatic imine (C=N–C) groups is 1. The minimum absolute atomic E-state index is 0.0579. The third kappa shape index (κ3) is 5.52. The van der Waals surface area contributed by atoms with Crippen LogP contribution in [-0.2, 0) is 16.0 Å². The van der Waals surface area contributed by atoms with Crippen molar-refractivity contribution in [3.05, 3.63) is 101 Å². The van der Waals surface area contributed by atoms with Gasteiger partial charge >= 0.3 is 0 Å². The van der Waals surface area contributed by atoms with Gasteiger partial charge in [0.25, 0.3) is 5.91 Å². The zero-order valence-electron chi connectivity index (χ0n) is 21.3. The number of nitrogens with zero attached hydrogens (tertiary/aromatic N) is 3. The molecule has 0 aliphatic carbocycles. The first-order valence-electron chi connectivity index (χ1n) is 12.6. The maximum atomic E-state index is 12.8. The highest BCUT2D eigenvalue weighted by Gasteiger charge is 2.39. The molecule has 0 saturated carbocycles. The highest BCUT2D eigenvalue weighted by atomic mass is 32.2. The molecule has 0 fully saturated rings. The second-order valence-corrected chi connectivity index (χ2v) is 10.6. The predicted octanol–water partition coefficient (Wildman–Crippen LogP) is 6.04. The van der Waals surface area contributed by atoms with Gasteiger partial charge in [0.1, 0.15) is 5.25 Å². The van der Waals surface area contributed by atoms with Crippen molar-refractivity contribution in [1.29, 1.82) is 0 Å². The van der Waals surface area contributed by atoms with Gasteiger partial charge in [0.2, 0.25) is 5.91 Å². The lowest BCUT2D eigenvalue weighted by molar-refractivity contribution is -0.121. The first-order valence-corrected chi connectivity index (χ1v) is 13.5. The molecule has 1 N–H and O–H groups in total. The molecule has 0 radical (unpaired) electrons. The largest absolute Gasteiger partial charge is 0.326 e. The summed E-state index contributed by atoms with van der Waals surface area (Å²) in [5, 5.41) is 9.68. The molecule has 0 bridgehead atoms. The maximum absolute atomic E-state index is 12.8. The third-order valence-corrected chi connectivity index (χ3v) is 8.02. The van der Waals surface area contributed by atoms with E-state index >= 15 is 0 Å². The number of carbonyl (C=O) groups excluding carboxylic acids is 2. The van der Waals surface area contributed by atoms with Crippen LogP contribution in [0.15, 0.2) is 82.9 Å². The number of rotatable bonds is 6. The van der Waals surface area contributed by atoms with Gasteiger partial charge in [-0.3, -0.25) is 9.59 Å². The lowest BCUT2D eigenvalue weighted by Crippen LogP contribution is -2.25. The number of hydrogen-bond acceptors (Lipinski definition) is 5. The number of amidine groups is 1. The van der Waals surface area contributed by atoms with Crippen LogP contribution in [0.5, 0.6) is 0 Å². The van der Waals surface area contributed by atoms with Crippen molar-refractivity contribution in [1.82, 2.24) is 5.01 Å². The molecule has 3 aromatic rings. The number of benzene rings is 3. The Bertz CT molecular complexity index is 1380.